The molecular weight excluding hydrogens is 402 g/mol. The molecule has 4 aliphatic carbocycles. The number of Topliss-reactive ketones (excluding diaryl/α,β-unsaturated/α-hetero) is 1. The van der Waals surface area contributed by atoms with Crippen LogP contribution in [0.1, 0.15) is 71.6 Å². The summed E-state index contributed by atoms with van der Waals surface area (Å²) in [5.74, 6) is 1.73. The molecule has 172 valence electrons. The number of nitrogens with zero attached hydrogens (tertiary/aromatic N) is 1. The second-order valence-corrected chi connectivity index (χ2v) is 11.4. The van der Waals surface area contributed by atoms with E-state index >= 15 is 0 Å². The highest BCUT2D eigenvalue weighted by Gasteiger charge is 2.60. The Labute approximate surface area is 190 Å². The summed E-state index contributed by atoms with van der Waals surface area (Å²) < 4.78 is 5.72. The minimum atomic E-state index is -1.38. The number of carbonyl (C=O) groups is 2. The molecule has 1 saturated heterocycles. The molecule has 32 heavy (non-hydrogen) atoms. The maximum absolute atomic E-state index is 13.6. The van der Waals surface area contributed by atoms with Crippen molar-refractivity contribution in [3.63, 3.8) is 0 Å². The lowest BCUT2D eigenvalue weighted by atomic mass is 9.47. The summed E-state index contributed by atoms with van der Waals surface area (Å²) in [6, 6.07) is 2.16. The number of hydrogen-bond donors (Lipinski definition) is 1. The van der Waals surface area contributed by atoms with Crippen molar-refractivity contribution in [2.45, 2.75) is 83.3 Å². The first-order valence-corrected chi connectivity index (χ1v) is 12.4. The fourth-order valence-corrected chi connectivity index (χ4v) is 8.28. The quantitative estimate of drug-likeness (QED) is 0.711. The maximum atomic E-state index is 13.6. The molecule has 0 bridgehead atoms. The number of hydrogen-bond acceptors (Lipinski definition) is 5. The zero-order valence-electron chi connectivity index (χ0n) is 19.3. The first kappa shape index (κ1) is 22.0. The smallest absolute Gasteiger partial charge is 0.186 e. The van der Waals surface area contributed by atoms with E-state index in [0.717, 1.165) is 44.9 Å². The SMILES string of the molecule is C[C@]12CC[C@H]3[C@@H](CCC4=CC(=O)C=C[C@@]43C)[C@@H]1CC[C@@H]2C(=O)CC1(C#N)OCCCC1O. The number of allylic oxidation sites excluding steroid dienone is 4. The average Bonchev–Trinajstić information content (AvgIpc) is 3.13. The van der Waals surface area contributed by atoms with Gasteiger partial charge in [-0.2, -0.15) is 5.26 Å². The standard InChI is InChI=1S/C27H35NO4/c1-25-11-9-18(29)14-17(25)5-6-19-20-7-8-22(26(20,2)12-10-21(19)25)23(30)15-27(16-28)24(31)4-3-13-32-27/h9,11,14,19-22,24,31H,3-8,10,12-13,15H2,1-2H3/t19-,20-,21-,22+,24?,25-,26-,27?/m0/s1. The predicted octanol–water partition coefficient (Wildman–Crippen LogP) is 4.30. The molecule has 2 unspecified atom stereocenters. The van der Waals surface area contributed by atoms with Gasteiger partial charge in [0.05, 0.1) is 12.5 Å². The number of aliphatic hydroxyl groups is 1. The van der Waals surface area contributed by atoms with Gasteiger partial charge in [-0.05, 0) is 86.7 Å². The zero-order chi connectivity index (χ0) is 22.7. The Bertz CT molecular complexity index is 930. The van der Waals surface area contributed by atoms with E-state index in [4.69, 9.17) is 4.74 Å². The van der Waals surface area contributed by atoms with E-state index in [1.807, 2.05) is 6.08 Å². The lowest BCUT2D eigenvalue weighted by molar-refractivity contribution is -0.150. The molecule has 4 fully saturated rings. The van der Waals surface area contributed by atoms with Gasteiger partial charge in [0.25, 0.3) is 0 Å². The van der Waals surface area contributed by atoms with Gasteiger partial charge in [0.15, 0.2) is 11.4 Å². The summed E-state index contributed by atoms with van der Waals surface area (Å²) in [7, 11) is 0. The van der Waals surface area contributed by atoms with Gasteiger partial charge < -0.3 is 9.84 Å². The number of ketones is 2. The van der Waals surface area contributed by atoms with Crippen LogP contribution in [0.4, 0.5) is 0 Å². The highest BCUT2D eigenvalue weighted by molar-refractivity contribution is 6.01. The summed E-state index contributed by atoms with van der Waals surface area (Å²) in [5, 5.41) is 20.3. The van der Waals surface area contributed by atoms with Crippen LogP contribution >= 0.6 is 0 Å². The van der Waals surface area contributed by atoms with Gasteiger partial charge in [-0.1, -0.05) is 25.5 Å². The van der Waals surface area contributed by atoms with Gasteiger partial charge in [-0.15, -0.1) is 0 Å². The second-order valence-electron chi connectivity index (χ2n) is 11.4. The van der Waals surface area contributed by atoms with Crippen LogP contribution in [0.15, 0.2) is 23.8 Å². The van der Waals surface area contributed by atoms with Crippen LogP contribution in [0, 0.1) is 45.8 Å². The molecule has 0 aromatic heterocycles. The number of nitriles is 1. The van der Waals surface area contributed by atoms with Crippen LogP contribution in [0.2, 0.25) is 0 Å². The van der Waals surface area contributed by atoms with Crippen molar-refractivity contribution in [3.8, 4) is 6.07 Å². The Balaban J connectivity index is 1.37. The molecule has 1 heterocycles. The van der Waals surface area contributed by atoms with Crippen molar-refractivity contribution in [2.24, 2.45) is 34.5 Å². The monoisotopic (exact) mass is 437 g/mol. The Hall–Kier alpha value is -1.77. The van der Waals surface area contributed by atoms with Gasteiger partial charge in [-0.25, -0.2) is 0 Å². The number of fused-ring (bicyclic) bond motifs is 5. The number of carbonyl (C=O) groups excluding carboxylic acids is 2. The summed E-state index contributed by atoms with van der Waals surface area (Å²) in [4.78, 5) is 25.5. The fourth-order valence-electron chi connectivity index (χ4n) is 8.28. The third-order valence-electron chi connectivity index (χ3n) is 10.1. The van der Waals surface area contributed by atoms with E-state index in [9.17, 15) is 20.0 Å². The number of rotatable bonds is 3. The molecule has 0 aromatic rings. The Morgan fingerprint density at radius 2 is 2.03 bits per heavy atom. The summed E-state index contributed by atoms with van der Waals surface area (Å²) in [6.07, 6.45) is 12.2. The Morgan fingerprint density at radius 3 is 2.78 bits per heavy atom. The molecule has 0 aromatic carbocycles. The van der Waals surface area contributed by atoms with E-state index in [1.165, 1.54) is 5.57 Å². The van der Waals surface area contributed by atoms with Crippen LogP contribution in [0.5, 0.6) is 0 Å². The summed E-state index contributed by atoms with van der Waals surface area (Å²) in [5.41, 5.74) is -0.177. The summed E-state index contributed by atoms with van der Waals surface area (Å²) >= 11 is 0. The van der Waals surface area contributed by atoms with Crippen LogP contribution < -0.4 is 0 Å². The minimum absolute atomic E-state index is 0.00118. The molecule has 5 rings (SSSR count). The number of ether oxygens (including phenoxy) is 1. The van der Waals surface area contributed by atoms with Gasteiger partial charge in [0.2, 0.25) is 0 Å². The van der Waals surface area contributed by atoms with Gasteiger partial charge in [-0.3, -0.25) is 9.59 Å². The largest absolute Gasteiger partial charge is 0.389 e. The second kappa shape index (κ2) is 7.64. The molecule has 1 aliphatic heterocycles. The fraction of sp³-hybridized carbons (Fsp3) is 0.741. The van der Waals surface area contributed by atoms with Crippen molar-refractivity contribution in [1.29, 1.82) is 5.26 Å². The molecule has 5 aliphatic rings. The molecule has 5 nitrogen and oxygen atoms in total. The van der Waals surface area contributed by atoms with Crippen molar-refractivity contribution in [1.82, 2.24) is 0 Å². The maximum Gasteiger partial charge on any atom is 0.186 e. The van der Waals surface area contributed by atoms with E-state index in [2.05, 4.69) is 26.0 Å². The van der Waals surface area contributed by atoms with E-state index in [-0.39, 0.29) is 34.7 Å². The molecule has 1 N–H and O–H groups in total. The average molecular weight is 438 g/mol. The molecule has 0 radical (unpaired) electrons. The highest BCUT2D eigenvalue weighted by Crippen LogP contribution is 2.66. The van der Waals surface area contributed by atoms with Crippen LogP contribution in [-0.4, -0.2) is 35.0 Å². The number of aliphatic hydroxyl groups excluding tert-OH is 1. The minimum Gasteiger partial charge on any atom is -0.389 e. The van der Waals surface area contributed by atoms with Gasteiger partial charge in [0.1, 0.15) is 11.9 Å². The van der Waals surface area contributed by atoms with E-state index in [1.54, 1.807) is 6.08 Å². The lowest BCUT2D eigenvalue weighted by Crippen LogP contribution is -2.52. The first-order valence-electron chi connectivity index (χ1n) is 12.4. The Kier molecular flexibility index (Phi) is 5.26. The predicted molar refractivity (Wildman–Crippen MR) is 119 cm³/mol. The first-order chi connectivity index (χ1) is 15.2. The van der Waals surface area contributed by atoms with E-state index in [0.29, 0.717) is 30.8 Å². The third-order valence-corrected chi connectivity index (χ3v) is 10.1. The van der Waals surface area contributed by atoms with Crippen molar-refractivity contribution in [2.75, 3.05) is 6.61 Å². The van der Waals surface area contributed by atoms with Gasteiger partial charge in [0, 0.05) is 17.9 Å². The molecule has 0 spiro atoms. The van der Waals surface area contributed by atoms with Crippen LogP contribution in [0.3, 0.4) is 0 Å². The van der Waals surface area contributed by atoms with E-state index < -0.39 is 11.7 Å². The van der Waals surface area contributed by atoms with Crippen molar-refractivity contribution in [3.05, 3.63) is 23.8 Å². The van der Waals surface area contributed by atoms with Gasteiger partial charge >= 0.3 is 0 Å². The third kappa shape index (κ3) is 3.10. The van der Waals surface area contributed by atoms with Crippen molar-refractivity contribution < 1.29 is 19.4 Å². The molecule has 5 heteroatoms. The van der Waals surface area contributed by atoms with Crippen LogP contribution in [0.25, 0.3) is 0 Å². The molecular formula is C27H35NO4. The molecule has 0 amide bonds. The Morgan fingerprint density at radius 1 is 1.22 bits per heavy atom. The topological polar surface area (TPSA) is 87.4 Å². The normalized spacial score (nSPS) is 47.6. The van der Waals surface area contributed by atoms with Crippen LogP contribution in [-0.2, 0) is 14.3 Å². The van der Waals surface area contributed by atoms with Crippen molar-refractivity contribution >= 4 is 11.6 Å². The lowest BCUT2D eigenvalue weighted by Gasteiger charge is -2.57. The molecule has 3 saturated carbocycles. The highest BCUT2D eigenvalue weighted by atomic mass is 16.5. The molecule has 8 atom stereocenters. The summed E-state index contributed by atoms with van der Waals surface area (Å²) in [6.45, 7) is 5.03. The zero-order valence-corrected chi connectivity index (χ0v) is 19.3.